The average Bonchev–Trinajstić information content (AvgIpc) is 2.24. The second kappa shape index (κ2) is 5.39. The molecule has 16 heavy (non-hydrogen) atoms. The number of para-hydroxylation sites is 1. The Morgan fingerprint density at radius 3 is 2.69 bits per heavy atom. The maximum Gasteiger partial charge on any atom is 0.306 e. The van der Waals surface area contributed by atoms with E-state index in [1.54, 1.807) is 6.07 Å². The fourth-order valence-corrected chi connectivity index (χ4v) is 1.68. The standard InChI is InChI=1S/C12H18N2O2/c1-2-8(12(15)16)6-7-9-4-3-5-10(13)11(9)14/h3-5,8H,2,6-7,13-14H2,1H3,(H,15,16). The van der Waals surface area contributed by atoms with Crippen LogP contribution in [0.3, 0.4) is 0 Å². The fraction of sp³-hybridized carbons (Fsp3) is 0.417. The summed E-state index contributed by atoms with van der Waals surface area (Å²) in [6.45, 7) is 1.88. The largest absolute Gasteiger partial charge is 0.481 e. The third kappa shape index (κ3) is 2.89. The predicted octanol–water partition coefficient (Wildman–Crippen LogP) is 1.89. The number of carboxylic acid groups (broad SMARTS) is 1. The highest BCUT2D eigenvalue weighted by Crippen LogP contribution is 2.22. The molecule has 1 rings (SSSR count). The smallest absolute Gasteiger partial charge is 0.306 e. The molecule has 88 valence electrons. The molecule has 1 atom stereocenters. The van der Waals surface area contributed by atoms with Gasteiger partial charge in [-0.25, -0.2) is 0 Å². The molecule has 1 aromatic rings. The van der Waals surface area contributed by atoms with Crippen LogP contribution in [0.5, 0.6) is 0 Å². The highest BCUT2D eigenvalue weighted by molar-refractivity contribution is 5.70. The number of benzene rings is 1. The summed E-state index contributed by atoms with van der Waals surface area (Å²) in [5.41, 5.74) is 13.6. The molecule has 0 bridgehead atoms. The van der Waals surface area contributed by atoms with Crippen LogP contribution in [0.2, 0.25) is 0 Å². The Morgan fingerprint density at radius 1 is 1.44 bits per heavy atom. The van der Waals surface area contributed by atoms with E-state index in [4.69, 9.17) is 16.6 Å². The molecule has 1 unspecified atom stereocenters. The molecule has 1 aromatic carbocycles. The lowest BCUT2D eigenvalue weighted by atomic mass is 9.96. The summed E-state index contributed by atoms with van der Waals surface area (Å²) in [5.74, 6) is -1.05. The quantitative estimate of drug-likeness (QED) is 0.664. The number of carboxylic acids is 1. The van der Waals surface area contributed by atoms with Gasteiger partial charge in [0, 0.05) is 0 Å². The van der Waals surface area contributed by atoms with Gasteiger partial charge in [-0.1, -0.05) is 19.1 Å². The van der Waals surface area contributed by atoms with E-state index in [1.165, 1.54) is 0 Å². The number of carbonyl (C=O) groups is 1. The summed E-state index contributed by atoms with van der Waals surface area (Å²) in [4.78, 5) is 10.8. The molecule has 0 radical (unpaired) electrons. The summed E-state index contributed by atoms with van der Waals surface area (Å²) in [5, 5.41) is 8.92. The summed E-state index contributed by atoms with van der Waals surface area (Å²) in [7, 11) is 0. The molecule has 0 spiro atoms. The lowest BCUT2D eigenvalue weighted by Crippen LogP contribution is -2.13. The molecular formula is C12H18N2O2. The highest BCUT2D eigenvalue weighted by atomic mass is 16.4. The molecule has 0 aliphatic rings. The van der Waals surface area contributed by atoms with E-state index in [2.05, 4.69) is 0 Å². The first-order chi connectivity index (χ1) is 7.56. The molecule has 4 heteroatoms. The monoisotopic (exact) mass is 222 g/mol. The van der Waals surface area contributed by atoms with E-state index in [0.717, 1.165) is 5.56 Å². The van der Waals surface area contributed by atoms with Crippen LogP contribution in [0, 0.1) is 5.92 Å². The zero-order chi connectivity index (χ0) is 12.1. The Kier molecular flexibility index (Phi) is 4.17. The molecule has 0 aromatic heterocycles. The Morgan fingerprint density at radius 2 is 2.12 bits per heavy atom. The summed E-state index contributed by atoms with van der Waals surface area (Å²) < 4.78 is 0. The number of hydrogen-bond acceptors (Lipinski definition) is 3. The Labute approximate surface area is 95.3 Å². The molecule has 0 saturated carbocycles. The second-order valence-corrected chi connectivity index (χ2v) is 3.90. The first-order valence-electron chi connectivity index (χ1n) is 5.41. The first-order valence-corrected chi connectivity index (χ1v) is 5.41. The lowest BCUT2D eigenvalue weighted by molar-refractivity contribution is -0.142. The van der Waals surface area contributed by atoms with Gasteiger partial charge in [-0.05, 0) is 30.9 Å². The number of hydrogen-bond donors (Lipinski definition) is 3. The van der Waals surface area contributed by atoms with Crippen LogP contribution in [0.1, 0.15) is 25.3 Å². The van der Waals surface area contributed by atoms with Crippen molar-refractivity contribution in [2.75, 3.05) is 11.5 Å². The van der Waals surface area contributed by atoms with Gasteiger partial charge >= 0.3 is 5.97 Å². The zero-order valence-corrected chi connectivity index (χ0v) is 9.44. The molecule has 0 aliphatic carbocycles. The van der Waals surface area contributed by atoms with Crippen molar-refractivity contribution < 1.29 is 9.90 Å². The second-order valence-electron chi connectivity index (χ2n) is 3.90. The number of anilines is 2. The van der Waals surface area contributed by atoms with Crippen LogP contribution >= 0.6 is 0 Å². The molecule has 0 amide bonds. The average molecular weight is 222 g/mol. The van der Waals surface area contributed by atoms with Crippen molar-refractivity contribution >= 4 is 17.3 Å². The first kappa shape index (κ1) is 12.4. The number of rotatable bonds is 5. The van der Waals surface area contributed by atoms with Gasteiger partial charge in [0.15, 0.2) is 0 Å². The van der Waals surface area contributed by atoms with Gasteiger partial charge < -0.3 is 16.6 Å². The molecule has 0 heterocycles. The SMILES string of the molecule is CCC(CCc1cccc(N)c1N)C(=O)O. The van der Waals surface area contributed by atoms with Gasteiger partial charge in [0.25, 0.3) is 0 Å². The van der Waals surface area contributed by atoms with Crippen LogP contribution < -0.4 is 11.5 Å². The van der Waals surface area contributed by atoms with E-state index in [0.29, 0.717) is 30.6 Å². The molecule has 0 aliphatic heterocycles. The van der Waals surface area contributed by atoms with Gasteiger partial charge in [-0.2, -0.15) is 0 Å². The topological polar surface area (TPSA) is 89.3 Å². The Hall–Kier alpha value is -1.71. The van der Waals surface area contributed by atoms with Gasteiger partial charge in [-0.3, -0.25) is 4.79 Å². The molecule has 0 fully saturated rings. The minimum absolute atomic E-state index is 0.305. The minimum atomic E-state index is -0.745. The van der Waals surface area contributed by atoms with E-state index in [1.807, 2.05) is 19.1 Å². The van der Waals surface area contributed by atoms with Gasteiger partial charge in [-0.15, -0.1) is 0 Å². The summed E-state index contributed by atoms with van der Waals surface area (Å²) >= 11 is 0. The van der Waals surface area contributed by atoms with Crippen LogP contribution in [0.25, 0.3) is 0 Å². The number of aryl methyl sites for hydroxylation is 1. The maximum atomic E-state index is 10.8. The maximum absolute atomic E-state index is 10.8. The lowest BCUT2D eigenvalue weighted by Gasteiger charge is -2.11. The molecule has 5 N–H and O–H groups in total. The number of nitrogen functional groups attached to an aromatic ring is 2. The molecule has 4 nitrogen and oxygen atoms in total. The van der Waals surface area contributed by atoms with Crippen LogP contribution in [0.4, 0.5) is 11.4 Å². The van der Waals surface area contributed by atoms with Crippen molar-refractivity contribution in [2.45, 2.75) is 26.2 Å². The summed E-state index contributed by atoms with van der Waals surface area (Å²) in [6, 6.07) is 5.47. The van der Waals surface area contributed by atoms with Crippen LogP contribution in [-0.2, 0) is 11.2 Å². The summed E-state index contributed by atoms with van der Waals surface area (Å²) in [6.07, 6.45) is 1.89. The van der Waals surface area contributed by atoms with Gasteiger partial charge in [0.1, 0.15) is 0 Å². The predicted molar refractivity (Wildman–Crippen MR) is 65.0 cm³/mol. The van der Waals surface area contributed by atoms with Crippen molar-refractivity contribution in [3.05, 3.63) is 23.8 Å². The minimum Gasteiger partial charge on any atom is -0.481 e. The van der Waals surface area contributed by atoms with Crippen molar-refractivity contribution in [3.63, 3.8) is 0 Å². The van der Waals surface area contributed by atoms with Crippen molar-refractivity contribution in [3.8, 4) is 0 Å². The van der Waals surface area contributed by atoms with Crippen molar-refractivity contribution in [2.24, 2.45) is 5.92 Å². The van der Waals surface area contributed by atoms with E-state index >= 15 is 0 Å². The van der Waals surface area contributed by atoms with E-state index < -0.39 is 5.97 Å². The highest BCUT2D eigenvalue weighted by Gasteiger charge is 2.15. The van der Waals surface area contributed by atoms with Crippen LogP contribution in [-0.4, -0.2) is 11.1 Å². The number of nitrogens with two attached hydrogens (primary N) is 2. The van der Waals surface area contributed by atoms with E-state index in [9.17, 15) is 4.79 Å². The van der Waals surface area contributed by atoms with Gasteiger partial charge in [0.05, 0.1) is 17.3 Å². The third-order valence-corrected chi connectivity index (χ3v) is 2.83. The third-order valence-electron chi connectivity index (χ3n) is 2.83. The van der Waals surface area contributed by atoms with E-state index in [-0.39, 0.29) is 5.92 Å². The Bertz CT molecular complexity index is 377. The van der Waals surface area contributed by atoms with Gasteiger partial charge in [0.2, 0.25) is 0 Å². The fourth-order valence-electron chi connectivity index (χ4n) is 1.68. The number of aliphatic carboxylic acids is 1. The Balaban J connectivity index is 2.67. The normalized spacial score (nSPS) is 12.3. The van der Waals surface area contributed by atoms with Crippen LogP contribution in [0.15, 0.2) is 18.2 Å². The zero-order valence-electron chi connectivity index (χ0n) is 9.44. The van der Waals surface area contributed by atoms with Crippen molar-refractivity contribution in [1.29, 1.82) is 0 Å². The van der Waals surface area contributed by atoms with Crippen molar-refractivity contribution in [1.82, 2.24) is 0 Å². The molecule has 0 saturated heterocycles. The molecular weight excluding hydrogens is 204 g/mol.